The lowest BCUT2D eigenvalue weighted by Gasteiger charge is -2.04. The third-order valence-electron chi connectivity index (χ3n) is 2.73. The highest BCUT2D eigenvalue weighted by molar-refractivity contribution is 6.42. The molecule has 108 valence electrons. The van der Waals surface area contributed by atoms with Crippen LogP contribution in [0.2, 0.25) is 15.1 Å². The van der Waals surface area contributed by atoms with Crippen molar-refractivity contribution in [3.05, 3.63) is 74.7 Å². The molecule has 5 heteroatoms. The highest BCUT2D eigenvalue weighted by atomic mass is 35.5. The maximum atomic E-state index is 11.7. The molecule has 0 spiro atoms. The summed E-state index contributed by atoms with van der Waals surface area (Å²) in [5.41, 5.74) is 1.75. The first-order chi connectivity index (χ1) is 10.0. The zero-order valence-electron chi connectivity index (χ0n) is 10.9. The maximum absolute atomic E-state index is 11.7. The van der Waals surface area contributed by atoms with Crippen LogP contribution in [0, 0.1) is 0 Å². The molecule has 0 bridgehead atoms. The van der Waals surface area contributed by atoms with E-state index in [9.17, 15) is 4.79 Å². The number of hydrogen-bond donors (Lipinski definition) is 1. The topological polar surface area (TPSA) is 29.1 Å². The van der Waals surface area contributed by atoms with Gasteiger partial charge < -0.3 is 5.32 Å². The predicted molar refractivity (Wildman–Crippen MR) is 88.8 cm³/mol. The standard InChI is InChI=1S/C16H12Cl3NO/c17-13-3-1-2-11(8-13)5-7-16(21)20-10-12-4-6-14(18)15(19)9-12/h1-9H,10H2,(H,20,21)/b7-5+. The number of rotatable bonds is 4. The summed E-state index contributed by atoms with van der Waals surface area (Å²) in [7, 11) is 0. The second-order valence-corrected chi connectivity index (χ2v) is 5.61. The molecular formula is C16H12Cl3NO. The summed E-state index contributed by atoms with van der Waals surface area (Å²) in [6.45, 7) is 0.385. The van der Waals surface area contributed by atoms with Crippen molar-refractivity contribution in [3.63, 3.8) is 0 Å². The van der Waals surface area contributed by atoms with Crippen LogP contribution < -0.4 is 5.32 Å². The van der Waals surface area contributed by atoms with Crippen molar-refractivity contribution in [2.24, 2.45) is 0 Å². The lowest BCUT2D eigenvalue weighted by molar-refractivity contribution is -0.116. The Morgan fingerprint density at radius 1 is 1.05 bits per heavy atom. The van der Waals surface area contributed by atoms with E-state index in [1.807, 2.05) is 18.2 Å². The van der Waals surface area contributed by atoms with E-state index < -0.39 is 0 Å². The Morgan fingerprint density at radius 2 is 1.86 bits per heavy atom. The van der Waals surface area contributed by atoms with E-state index in [4.69, 9.17) is 34.8 Å². The largest absolute Gasteiger partial charge is 0.348 e. The Labute approximate surface area is 138 Å². The van der Waals surface area contributed by atoms with Gasteiger partial charge in [0.15, 0.2) is 0 Å². The van der Waals surface area contributed by atoms with Crippen molar-refractivity contribution >= 4 is 46.8 Å². The van der Waals surface area contributed by atoms with Crippen molar-refractivity contribution in [2.75, 3.05) is 0 Å². The van der Waals surface area contributed by atoms with E-state index >= 15 is 0 Å². The fourth-order valence-corrected chi connectivity index (χ4v) is 2.20. The Kier molecular flexibility index (Phi) is 5.68. The van der Waals surface area contributed by atoms with E-state index in [2.05, 4.69) is 5.32 Å². The minimum Gasteiger partial charge on any atom is -0.348 e. The zero-order valence-corrected chi connectivity index (χ0v) is 13.2. The van der Waals surface area contributed by atoms with E-state index in [0.717, 1.165) is 11.1 Å². The molecule has 0 heterocycles. The molecule has 1 N–H and O–H groups in total. The van der Waals surface area contributed by atoms with Crippen LogP contribution >= 0.6 is 34.8 Å². The van der Waals surface area contributed by atoms with Gasteiger partial charge in [0, 0.05) is 17.6 Å². The molecule has 2 aromatic rings. The van der Waals surface area contributed by atoms with Crippen molar-refractivity contribution in [1.82, 2.24) is 5.32 Å². The van der Waals surface area contributed by atoms with Crippen LogP contribution in [0.15, 0.2) is 48.5 Å². The summed E-state index contributed by atoms with van der Waals surface area (Å²) in [4.78, 5) is 11.7. The van der Waals surface area contributed by atoms with Gasteiger partial charge in [0.1, 0.15) is 0 Å². The van der Waals surface area contributed by atoms with Gasteiger partial charge in [-0.25, -0.2) is 0 Å². The summed E-state index contributed by atoms with van der Waals surface area (Å²) in [5.74, 6) is -0.193. The quantitative estimate of drug-likeness (QED) is 0.782. The molecule has 1 amide bonds. The van der Waals surface area contributed by atoms with Crippen LogP contribution in [0.4, 0.5) is 0 Å². The first kappa shape index (κ1) is 15.9. The summed E-state index contributed by atoms with van der Waals surface area (Å²) in [6, 6.07) is 12.5. The van der Waals surface area contributed by atoms with Crippen LogP contribution in [0.3, 0.4) is 0 Å². The molecule has 0 saturated carbocycles. The third-order valence-corrected chi connectivity index (χ3v) is 3.70. The van der Waals surface area contributed by atoms with Gasteiger partial charge in [-0.2, -0.15) is 0 Å². The highest BCUT2D eigenvalue weighted by Gasteiger charge is 2.01. The predicted octanol–water partition coefficient (Wildman–Crippen LogP) is 4.98. The van der Waals surface area contributed by atoms with Gasteiger partial charge in [-0.15, -0.1) is 0 Å². The van der Waals surface area contributed by atoms with Gasteiger partial charge in [0.2, 0.25) is 5.91 Å². The lowest BCUT2D eigenvalue weighted by Crippen LogP contribution is -2.20. The van der Waals surface area contributed by atoms with Gasteiger partial charge >= 0.3 is 0 Å². The molecule has 0 aliphatic carbocycles. The summed E-state index contributed by atoms with van der Waals surface area (Å²) >= 11 is 17.6. The summed E-state index contributed by atoms with van der Waals surface area (Å²) in [6.07, 6.45) is 3.17. The smallest absolute Gasteiger partial charge is 0.244 e. The molecule has 0 fully saturated rings. The van der Waals surface area contributed by atoms with Crippen LogP contribution in [-0.4, -0.2) is 5.91 Å². The molecule has 2 aromatic carbocycles. The number of benzene rings is 2. The number of carbonyl (C=O) groups is 1. The zero-order chi connectivity index (χ0) is 15.2. The molecule has 0 unspecified atom stereocenters. The summed E-state index contributed by atoms with van der Waals surface area (Å²) < 4.78 is 0. The van der Waals surface area contributed by atoms with Gasteiger partial charge in [0.25, 0.3) is 0 Å². The normalized spacial score (nSPS) is 10.8. The van der Waals surface area contributed by atoms with Crippen molar-refractivity contribution in [2.45, 2.75) is 6.54 Å². The molecule has 2 rings (SSSR count). The maximum Gasteiger partial charge on any atom is 0.244 e. The molecular weight excluding hydrogens is 329 g/mol. The number of nitrogens with one attached hydrogen (secondary N) is 1. The Hall–Kier alpha value is -1.48. The minimum absolute atomic E-state index is 0.193. The molecule has 0 aliphatic rings. The van der Waals surface area contributed by atoms with Crippen LogP contribution in [0.1, 0.15) is 11.1 Å². The Bertz CT molecular complexity index is 683. The van der Waals surface area contributed by atoms with Gasteiger partial charge in [0.05, 0.1) is 10.0 Å². The van der Waals surface area contributed by atoms with Crippen molar-refractivity contribution in [1.29, 1.82) is 0 Å². The molecule has 0 aromatic heterocycles. The fraction of sp³-hybridized carbons (Fsp3) is 0.0625. The second-order valence-electron chi connectivity index (χ2n) is 4.35. The molecule has 21 heavy (non-hydrogen) atoms. The first-order valence-electron chi connectivity index (χ1n) is 6.20. The SMILES string of the molecule is O=C(/C=C/c1cccc(Cl)c1)NCc1ccc(Cl)c(Cl)c1. The van der Waals surface area contributed by atoms with Gasteiger partial charge in [-0.05, 0) is 41.5 Å². The minimum atomic E-state index is -0.193. The Balaban J connectivity index is 1.91. The average molecular weight is 341 g/mol. The van der Waals surface area contributed by atoms with E-state index in [1.165, 1.54) is 6.08 Å². The van der Waals surface area contributed by atoms with Crippen LogP contribution in [0.25, 0.3) is 6.08 Å². The molecule has 2 nitrogen and oxygen atoms in total. The molecule has 0 atom stereocenters. The lowest BCUT2D eigenvalue weighted by atomic mass is 10.2. The number of amides is 1. The van der Waals surface area contributed by atoms with Crippen LogP contribution in [-0.2, 0) is 11.3 Å². The monoisotopic (exact) mass is 339 g/mol. The molecule has 0 aliphatic heterocycles. The third kappa shape index (κ3) is 5.09. The van der Waals surface area contributed by atoms with Crippen molar-refractivity contribution in [3.8, 4) is 0 Å². The number of hydrogen-bond acceptors (Lipinski definition) is 1. The highest BCUT2D eigenvalue weighted by Crippen LogP contribution is 2.22. The fourth-order valence-electron chi connectivity index (χ4n) is 1.68. The van der Waals surface area contributed by atoms with Gasteiger partial charge in [-0.1, -0.05) is 53.0 Å². The number of halogens is 3. The second kappa shape index (κ2) is 7.51. The van der Waals surface area contributed by atoms with E-state index in [1.54, 1.807) is 30.3 Å². The van der Waals surface area contributed by atoms with Gasteiger partial charge in [-0.3, -0.25) is 4.79 Å². The van der Waals surface area contributed by atoms with Crippen molar-refractivity contribution < 1.29 is 4.79 Å². The number of carbonyl (C=O) groups excluding carboxylic acids is 1. The summed E-state index contributed by atoms with van der Waals surface area (Å²) in [5, 5.41) is 4.37. The van der Waals surface area contributed by atoms with E-state index in [0.29, 0.717) is 21.6 Å². The average Bonchev–Trinajstić information content (AvgIpc) is 2.46. The molecule has 0 saturated heterocycles. The van der Waals surface area contributed by atoms with Crippen LogP contribution in [0.5, 0.6) is 0 Å². The van der Waals surface area contributed by atoms with E-state index in [-0.39, 0.29) is 5.91 Å². The first-order valence-corrected chi connectivity index (χ1v) is 7.33. The molecule has 0 radical (unpaired) electrons. The Morgan fingerprint density at radius 3 is 2.57 bits per heavy atom.